The van der Waals surface area contributed by atoms with Crippen LogP contribution in [-0.2, 0) is 21.8 Å². The second-order valence-electron chi connectivity index (χ2n) is 9.51. The summed E-state index contributed by atoms with van der Waals surface area (Å²) < 4.78 is 46.3. The molecule has 0 atom stereocenters. The molecule has 12 heteroatoms. The van der Waals surface area contributed by atoms with E-state index in [1.807, 2.05) is 24.3 Å². The van der Waals surface area contributed by atoms with Gasteiger partial charge in [-0.05, 0) is 54.6 Å². The maximum absolute atomic E-state index is 13.2. The molecule has 1 saturated heterocycles. The van der Waals surface area contributed by atoms with Crippen molar-refractivity contribution in [1.82, 2.24) is 14.2 Å². The number of sulfonamides is 1. The molecule has 0 aliphatic carbocycles. The Morgan fingerprint density at radius 2 is 1.78 bits per heavy atom. The number of anilines is 2. The van der Waals surface area contributed by atoms with E-state index in [0.29, 0.717) is 52.9 Å². The fourth-order valence-electron chi connectivity index (χ4n) is 4.67. The van der Waals surface area contributed by atoms with Gasteiger partial charge in [0, 0.05) is 49.5 Å². The van der Waals surface area contributed by atoms with E-state index in [2.05, 4.69) is 14.9 Å². The SMILES string of the molecule is COc1cccc(Nc2ccc(Cl)c3c2cc(C(=O)NS(=O)(=O)c2ccc(OCCN4CCOCC4)cc2)n3C)c1. The third-order valence-corrected chi connectivity index (χ3v) is 8.52. The molecule has 0 bridgehead atoms. The lowest BCUT2D eigenvalue weighted by atomic mass is 10.2. The first-order chi connectivity index (χ1) is 19.7. The number of ether oxygens (including phenoxy) is 3. The number of aryl methyl sites for hydroxylation is 1. The number of nitrogens with one attached hydrogen (secondary N) is 2. The highest BCUT2D eigenvalue weighted by atomic mass is 35.5. The molecule has 5 rings (SSSR count). The second kappa shape index (κ2) is 12.4. The van der Waals surface area contributed by atoms with Gasteiger partial charge in [0.15, 0.2) is 0 Å². The lowest BCUT2D eigenvalue weighted by Crippen LogP contribution is -2.38. The van der Waals surface area contributed by atoms with Crippen LogP contribution in [0.25, 0.3) is 10.9 Å². The van der Waals surface area contributed by atoms with Gasteiger partial charge in [0.05, 0.1) is 35.8 Å². The van der Waals surface area contributed by atoms with Crippen molar-refractivity contribution in [3.63, 3.8) is 0 Å². The van der Waals surface area contributed by atoms with Crippen LogP contribution in [0.4, 0.5) is 11.4 Å². The molecule has 3 aromatic carbocycles. The van der Waals surface area contributed by atoms with E-state index in [1.165, 1.54) is 12.1 Å². The zero-order valence-corrected chi connectivity index (χ0v) is 24.3. The van der Waals surface area contributed by atoms with Gasteiger partial charge in [-0.1, -0.05) is 17.7 Å². The van der Waals surface area contributed by atoms with Crippen LogP contribution in [0.5, 0.6) is 11.5 Å². The van der Waals surface area contributed by atoms with Crippen molar-refractivity contribution in [2.75, 3.05) is 51.9 Å². The predicted molar refractivity (Wildman–Crippen MR) is 158 cm³/mol. The number of rotatable bonds is 10. The van der Waals surface area contributed by atoms with Gasteiger partial charge in [-0.15, -0.1) is 0 Å². The fraction of sp³-hybridized carbons (Fsp3) is 0.276. The predicted octanol–water partition coefficient (Wildman–Crippen LogP) is 4.41. The highest BCUT2D eigenvalue weighted by Gasteiger charge is 2.23. The molecule has 1 aliphatic rings. The smallest absolute Gasteiger partial charge is 0.281 e. The second-order valence-corrected chi connectivity index (χ2v) is 11.6. The molecule has 41 heavy (non-hydrogen) atoms. The van der Waals surface area contributed by atoms with Crippen LogP contribution in [0.15, 0.2) is 71.6 Å². The molecule has 1 aliphatic heterocycles. The average Bonchev–Trinajstić information content (AvgIpc) is 3.33. The molecule has 10 nitrogen and oxygen atoms in total. The van der Waals surface area contributed by atoms with Crippen molar-refractivity contribution in [3.8, 4) is 11.5 Å². The van der Waals surface area contributed by atoms with Gasteiger partial charge >= 0.3 is 0 Å². The standard InChI is InChI=1S/C29H31ClN4O6S/c1-33-27(19-24-26(11-10-25(30)28(24)33)31-20-4-3-5-22(18-20)38-2)29(35)32-41(36,37)23-8-6-21(7-9-23)40-17-14-34-12-15-39-16-13-34/h3-11,18-19,31H,12-17H2,1-2H3,(H,32,35). The molecule has 0 spiro atoms. The Bertz CT molecular complexity index is 1650. The number of halogens is 1. The van der Waals surface area contributed by atoms with Crippen molar-refractivity contribution in [1.29, 1.82) is 0 Å². The molecule has 0 unspecified atom stereocenters. The molecule has 1 amide bonds. The summed E-state index contributed by atoms with van der Waals surface area (Å²) in [4.78, 5) is 15.4. The van der Waals surface area contributed by atoms with Crippen LogP contribution in [0, 0.1) is 0 Å². The van der Waals surface area contributed by atoms with Gasteiger partial charge < -0.3 is 24.1 Å². The zero-order chi connectivity index (χ0) is 29.0. The van der Waals surface area contributed by atoms with E-state index in [4.69, 9.17) is 25.8 Å². The van der Waals surface area contributed by atoms with E-state index < -0.39 is 15.9 Å². The number of carbonyl (C=O) groups is 1. The third kappa shape index (κ3) is 6.59. The Morgan fingerprint density at radius 1 is 1.02 bits per heavy atom. The Hall–Kier alpha value is -3.77. The van der Waals surface area contributed by atoms with Gasteiger partial charge in [0.1, 0.15) is 23.8 Å². The minimum atomic E-state index is -4.15. The monoisotopic (exact) mass is 598 g/mol. The number of nitrogens with zero attached hydrogens (tertiary/aromatic N) is 2. The molecule has 4 aromatic rings. The summed E-state index contributed by atoms with van der Waals surface area (Å²) in [5.74, 6) is 0.451. The van der Waals surface area contributed by atoms with E-state index >= 15 is 0 Å². The number of amides is 1. The molecular weight excluding hydrogens is 568 g/mol. The van der Waals surface area contributed by atoms with Crippen LogP contribution < -0.4 is 19.5 Å². The van der Waals surface area contributed by atoms with Crippen molar-refractivity contribution in [3.05, 3.63) is 77.4 Å². The van der Waals surface area contributed by atoms with E-state index in [1.54, 1.807) is 49.1 Å². The zero-order valence-electron chi connectivity index (χ0n) is 22.7. The number of hydrogen-bond acceptors (Lipinski definition) is 8. The first-order valence-corrected chi connectivity index (χ1v) is 14.9. The molecule has 2 heterocycles. The molecule has 2 N–H and O–H groups in total. The largest absolute Gasteiger partial charge is 0.497 e. The fourth-order valence-corrected chi connectivity index (χ4v) is 5.92. The van der Waals surface area contributed by atoms with Crippen LogP contribution in [-0.4, -0.2) is 70.4 Å². The average molecular weight is 599 g/mol. The summed E-state index contributed by atoms with van der Waals surface area (Å²) in [6.45, 7) is 4.38. The first-order valence-electron chi connectivity index (χ1n) is 13.0. The molecule has 0 radical (unpaired) electrons. The Morgan fingerprint density at radius 3 is 2.51 bits per heavy atom. The van der Waals surface area contributed by atoms with Crippen molar-refractivity contribution >= 4 is 49.8 Å². The maximum Gasteiger partial charge on any atom is 0.281 e. The minimum Gasteiger partial charge on any atom is -0.497 e. The highest BCUT2D eigenvalue weighted by Crippen LogP contribution is 2.34. The lowest BCUT2D eigenvalue weighted by molar-refractivity contribution is 0.0322. The molecular formula is C29H31ClN4O6S. The summed E-state index contributed by atoms with van der Waals surface area (Å²) >= 11 is 6.49. The normalized spacial score (nSPS) is 14.1. The quantitative estimate of drug-likeness (QED) is 0.276. The van der Waals surface area contributed by atoms with Gasteiger partial charge in [0.25, 0.3) is 15.9 Å². The van der Waals surface area contributed by atoms with Crippen molar-refractivity contribution in [2.45, 2.75) is 4.90 Å². The van der Waals surface area contributed by atoms with Crippen LogP contribution in [0.3, 0.4) is 0 Å². The van der Waals surface area contributed by atoms with E-state index in [0.717, 1.165) is 25.3 Å². The van der Waals surface area contributed by atoms with Gasteiger partial charge in [0.2, 0.25) is 0 Å². The first kappa shape index (κ1) is 28.7. The molecule has 0 saturated carbocycles. The van der Waals surface area contributed by atoms with Gasteiger partial charge in [-0.25, -0.2) is 13.1 Å². The summed E-state index contributed by atoms with van der Waals surface area (Å²) in [7, 11) is -0.896. The molecule has 1 aromatic heterocycles. The van der Waals surface area contributed by atoms with E-state index in [9.17, 15) is 13.2 Å². The Balaban J connectivity index is 1.30. The lowest BCUT2D eigenvalue weighted by Gasteiger charge is -2.26. The van der Waals surface area contributed by atoms with Crippen molar-refractivity contribution < 1.29 is 27.4 Å². The van der Waals surface area contributed by atoms with E-state index in [-0.39, 0.29) is 10.6 Å². The minimum absolute atomic E-state index is 0.0523. The summed E-state index contributed by atoms with van der Waals surface area (Å²) in [5, 5.41) is 4.40. The maximum atomic E-state index is 13.2. The number of carbonyl (C=O) groups excluding carboxylic acids is 1. The Kier molecular flexibility index (Phi) is 8.69. The number of benzene rings is 3. The van der Waals surface area contributed by atoms with Gasteiger partial charge in [-0.3, -0.25) is 9.69 Å². The third-order valence-electron chi connectivity index (χ3n) is 6.87. The number of morpholine rings is 1. The molecule has 216 valence electrons. The Labute approximate surface area is 243 Å². The number of hydrogen-bond donors (Lipinski definition) is 2. The summed E-state index contributed by atoms with van der Waals surface area (Å²) in [5.41, 5.74) is 2.19. The van der Waals surface area contributed by atoms with Gasteiger partial charge in [-0.2, -0.15) is 0 Å². The highest BCUT2D eigenvalue weighted by molar-refractivity contribution is 7.90. The van der Waals surface area contributed by atoms with Crippen LogP contribution >= 0.6 is 11.6 Å². The number of methoxy groups -OCH3 is 1. The topological polar surface area (TPSA) is 111 Å². The van der Waals surface area contributed by atoms with Crippen LogP contribution in [0.1, 0.15) is 10.5 Å². The summed E-state index contributed by atoms with van der Waals surface area (Å²) in [6.07, 6.45) is 0. The molecule has 1 fully saturated rings. The summed E-state index contributed by atoms with van der Waals surface area (Å²) in [6, 6.07) is 18.5. The number of fused-ring (bicyclic) bond motifs is 1. The van der Waals surface area contributed by atoms with Crippen LogP contribution in [0.2, 0.25) is 5.02 Å². The van der Waals surface area contributed by atoms with Crippen molar-refractivity contribution in [2.24, 2.45) is 7.05 Å². The number of aromatic nitrogens is 1.